The summed E-state index contributed by atoms with van der Waals surface area (Å²) in [7, 11) is 0. The van der Waals surface area contributed by atoms with Crippen molar-refractivity contribution in [1.29, 1.82) is 0 Å². The van der Waals surface area contributed by atoms with Crippen LogP contribution in [0.15, 0.2) is 47.5 Å². The Balaban J connectivity index is 0.00000243. The number of fused-ring (bicyclic) bond motifs is 1. The summed E-state index contributed by atoms with van der Waals surface area (Å²) >= 11 is 0. The number of benzene rings is 2. The van der Waals surface area contributed by atoms with E-state index in [2.05, 4.69) is 33.8 Å². The molecule has 0 unspecified atom stereocenters. The number of hydrogen-bond donors (Lipinski definition) is 3. The second-order valence-corrected chi connectivity index (χ2v) is 6.36. The van der Waals surface area contributed by atoms with Crippen LogP contribution in [0.4, 0.5) is 11.4 Å². The number of hydrogen-bond acceptors (Lipinski definition) is 2. The van der Waals surface area contributed by atoms with Gasteiger partial charge >= 0.3 is 0 Å². The molecule has 1 aliphatic rings. The Hall–Kier alpha value is -2.09. The van der Waals surface area contributed by atoms with Crippen LogP contribution in [0.2, 0.25) is 0 Å². The summed E-state index contributed by atoms with van der Waals surface area (Å²) in [6.07, 6.45) is 4.70. The van der Waals surface area contributed by atoms with Gasteiger partial charge in [-0.05, 0) is 60.6 Å². The van der Waals surface area contributed by atoms with Crippen LogP contribution in [0.25, 0.3) is 0 Å². The van der Waals surface area contributed by atoms with E-state index in [1.807, 2.05) is 24.3 Å². The molecule has 2 aromatic carbocycles. The Kier molecular flexibility index (Phi) is 7.44. The molecule has 0 atom stereocenters. The van der Waals surface area contributed by atoms with Gasteiger partial charge in [0.05, 0.1) is 6.54 Å². The number of amides is 1. The van der Waals surface area contributed by atoms with E-state index in [0.29, 0.717) is 12.5 Å². The van der Waals surface area contributed by atoms with Gasteiger partial charge in [-0.25, -0.2) is 4.99 Å². The lowest BCUT2D eigenvalue weighted by atomic mass is 9.90. The van der Waals surface area contributed by atoms with E-state index in [9.17, 15) is 4.79 Å². The molecule has 1 aliphatic carbocycles. The number of carbonyl (C=O) groups is 1. The number of rotatable bonds is 4. The molecule has 0 saturated heterocycles. The molecule has 0 bridgehead atoms. The summed E-state index contributed by atoms with van der Waals surface area (Å²) in [5.74, 6) is 0.319. The maximum absolute atomic E-state index is 11.1. The Morgan fingerprint density at radius 2 is 1.88 bits per heavy atom. The smallest absolute Gasteiger partial charge is 0.221 e. The summed E-state index contributed by atoms with van der Waals surface area (Å²) < 4.78 is 0. The standard InChI is InChI=1S/C20H24N4O.HI/c1-14(25)23-17-9-4-6-15(12-17)13-22-20(21)24-19-11-5-8-16-7-2-3-10-18(16)19;/h4-6,8-9,11-12H,2-3,7,10,13H2,1H3,(H,23,25)(H3,21,22,24);1H. The van der Waals surface area contributed by atoms with Gasteiger partial charge in [-0.1, -0.05) is 24.3 Å². The fourth-order valence-electron chi connectivity index (χ4n) is 3.20. The summed E-state index contributed by atoms with van der Waals surface area (Å²) in [6.45, 7) is 1.95. The van der Waals surface area contributed by atoms with E-state index in [4.69, 9.17) is 5.73 Å². The molecule has 6 heteroatoms. The van der Waals surface area contributed by atoms with Gasteiger partial charge in [0.25, 0.3) is 0 Å². The summed E-state index contributed by atoms with van der Waals surface area (Å²) in [4.78, 5) is 15.6. The summed E-state index contributed by atoms with van der Waals surface area (Å²) in [6, 6.07) is 13.9. The predicted molar refractivity (Wildman–Crippen MR) is 118 cm³/mol. The van der Waals surface area contributed by atoms with Gasteiger partial charge in [-0.2, -0.15) is 0 Å². The van der Waals surface area contributed by atoms with E-state index in [0.717, 1.165) is 29.8 Å². The maximum atomic E-state index is 11.1. The van der Waals surface area contributed by atoms with Gasteiger partial charge in [-0.15, -0.1) is 24.0 Å². The van der Waals surface area contributed by atoms with E-state index < -0.39 is 0 Å². The van der Waals surface area contributed by atoms with Crippen molar-refractivity contribution >= 4 is 47.2 Å². The second kappa shape index (κ2) is 9.56. The molecule has 0 aromatic heterocycles. The summed E-state index contributed by atoms with van der Waals surface area (Å²) in [5.41, 5.74) is 11.7. The zero-order valence-corrected chi connectivity index (χ0v) is 17.2. The van der Waals surface area contributed by atoms with Gasteiger partial charge in [0.1, 0.15) is 0 Å². The van der Waals surface area contributed by atoms with Gasteiger partial charge in [0.15, 0.2) is 5.96 Å². The molecule has 3 rings (SSSR count). The summed E-state index contributed by atoms with van der Waals surface area (Å²) in [5, 5.41) is 6.02. The molecule has 2 aromatic rings. The third-order valence-corrected chi connectivity index (χ3v) is 4.34. The molecule has 138 valence electrons. The highest BCUT2D eigenvalue weighted by molar-refractivity contribution is 14.0. The van der Waals surface area contributed by atoms with E-state index in [1.165, 1.54) is 30.9 Å². The first-order valence-corrected chi connectivity index (χ1v) is 8.66. The van der Waals surface area contributed by atoms with Gasteiger partial charge < -0.3 is 16.4 Å². The first kappa shape index (κ1) is 20.2. The highest BCUT2D eigenvalue weighted by Crippen LogP contribution is 2.27. The third-order valence-electron chi connectivity index (χ3n) is 4.34. The number of halogens is 1. The number of aryl methyl sites for hydroxylation is 1. The van der Waals surface area contributed by atoms with Crippen LogP contribution in [0.1, 0.15) is 36.5 Å². The molecule has 0 saturated carbocycles. The van der Waals surface area contributed by atoms with E-state index >= 15 is 0 Å². The zero-order chi connectivity index (χ0) is 17.6. The van der Waals surface area contributed by atoms with Crippen molar-refractivity contribution in [1.82, 2.24) is 0 Å². The van der Waals surface area contributed by atoms with E-state index in [-0.39, 0.29) is 29.9 Å². The number of carbonyl (C=O) groups excluding carboxylic acids is 1. The number of nitrogens with zero attached hydrogens (tertiary/aromatic N) is 1. The molecular formula is C20H25IN4O. The monoisotopic (exact) mass is 464 g/mol. The van der Waals surface area contributed by atoms with Crippen LogP contribution in [-0.4, -0.2) is 11.9 Å². The fourth-order valence-corrected chi connectivity index (χ4v) is 3.20. The van der Waals surface area contributed by atoms with Crippen LogP contribution in [0.3, 0.4) is 0 Å². The minimum Gasteiger partial charge on any atom is -0.370 e. The first-order valence-electron chi connectivity index (χ1n) is 8.66. The van der Waals surface area contributed by atoms with Gasteiger partial charge in [0, 0.05) is 18.3 Å². The molecule has 0 spiro atoms. The van der Waals surface area contributed by atoms with Crippen molar-refractivity contribution in [2.24, 2.45) is 10.7 Å². The average molecular weight is 464 g/mol. The third kappa shape index (κ3) is 5.45. The lowest BCUT2D eigenvalue weighted by Gasteiger charge is -2.19. The molecule has 0 aliphatic heterocycles. The highest BCUT2D eigenvalue weighted by atomic mass is 127. The van der Waals surface area contributed by atoms with Crippen molar-refractivity contribution in [2.75, 3.05) is 10.6 Å². The molecular weight excluding hydrogens is 439 g/mol. The van der Waals surface area contributed by atoms with Crippen LogP contribution >= 0.6 is 24.0 Å². The average Bonchev–Trinajstić information content (AvgIpc) is 2.60. The zero-order valence-electron chi connectivity index (χ0n) is 14.9. The quantitative estimate of drug-likeness (QED) is 0.363. The molecule has 1 amide bonds. The maximum Gasteiger partial charge on any atom is 0.221 e. The number of guanidine groups is 1. The molecule has 0 heterocycles. The second-order valence-electron chi connectivity index (χ2n) is 6.36. The lowest BCUT2D eigenvalue weighted by Crippen LogP contribution is -2.24. The first-order chi connectivity index (χ1) is 12.1. The number of nitrogens with two attached hydrogens (primary N) is 1. The highest BCUT2D eigenvalue weighted by Gasteiger charge is 2.13. The largest absolute Gasteiger partial charge is 0.370 e. The SMILES string of the molecule is CC(=O)Nc1cccc(CN=C(N)Nc2cccc3c2CCCC3)c1.I. The van der Waals surface area contributed by atoms with Gasteiger partial charge in [-0.3, -0.25) is 4.79 Å². The molecule has 5 nitrogen and oxygen atoms in total. The van der Waals surface area contributed by atoms with Crippen molar-refractivity contribution in [2.45, 2.75) is 39.2 Å². The topological polar surface area (TPSA) is 79.5 Å². The van der Waals surface area contributed by atoms with Crippen molar-refractivity contribution < 1.29 is 4.79 Å². The van der Waals surface area contributed by atoms with Crippen molar-refractivity contribution in [3.63, 3.8) is 0 Å². The number of nitrogens with one attached hydrogen (secondary N) is 2. The minimum absolute atomic E-state index is 0. The van der Waals surface area contributed by atoms with E-state index in [1.54, 1.807) is 0 Å². The molecule has 0 radical (unpaired) electrons. The fraction of sp³-hybridized carbons (Fsp3) is 0.300. The lowest BCUT2D eigenvalue weighted by molar-refractivity contribution is -0.114. The minimum atomic E-state index is -0.0873. The van der Waals surface area contributed by atoms with Crippen LogP contribution in [0.5, 0.6) is 0 Å². The Bertz CT molecular complexity index is 804. The number of anilines is 2. The number of aliphatic imine (C=N–C) groups is 1. The van der Waals surface area contributed by atoms with Crippen LogP contribution < -0.4 is 16.4 Å². The Labute approximate surface area is 171 Å². The van der Waals surface area contributed by atoms with Gasteiger partial charge in [0.2, 0.25) is 5.91 Å². The normalized spacial score (nSPS) is 13.3. The molecule has 4 N–H and O–H groups in total. The Morgan fingerprint density at radius 1 is 1.12 bits per heavy atom. The Morgan fingerprint density at radius 3 is 2.69 bits per heavy atom. The molecule has 26 heavy (non-hydrogen) atoms. The van der Waals surface area contributed by atoms with Crippen molar-refractivity contribution in [3.8, 4) is 0 Å². The van der Waals surface area contributed by atoms with Crippen LogP contribution in [-0.2, 0) is 24.2 Å². The molecule has 0 fully saturated rings. The van der Waals surface area contributed by atoms with Crippen LogP contribution in [0, 0.1) is 0 Å². The predicted octanol–water partition coefficient (Wildman–Crippen LogP) is 4.07. The van der Waals surface area contributed by atoms with Crippen molar-refractivity contribution in [3.05, 3.63) is 59.2 Å².